The molecule has 8 heteroatoms. The highest BCUT2D eigenvalue weighted by atomic mass is 35.5. The lowest BCUT2D eigenvalue weighted by molar-refractivity contribution is 0.102. The summed E-state index contributed by atoms with van der Waals surface area (Å²) in [5.41, 5.74) is 4.09. The summed E-state index contributed by atoms with van der Waals surface area (Å²) in [4.78, 5) is 21.6. The molecule has 0 saturated carbocycles. The van der Waals surface area contributed by atoms with Crippen LogP contribution >= 0.6 is 23.2 Å². The lowest BCUT2D eigenvalue weighted by Gasteiger charge is -2.12. The van der Waals surface area contributed by atoms with E-state index in [2.05, 4.69) is 32.0 Å². The average Bonchev–Trinajstić information content (AvgIpc) is 2.78. The Morgan fingerprint density at radius 2 is 1.75 bits per heavy atom. The van der Waals surface area contributed by atoms with Crippen molar-refractivity contribution < 1.29 is 4.79 Å². The van der Waals surface area contributed by atoms with E-state index in [1.807, 2.05) is 43.3 Å². The minimum Gasteiger partial charge on any atom is -0.365 e. The molecule has 1 heterocycles. The maximum Gasteiger partial charge on any atom is 0.257 e. The molecule has 0 aliphatic rings. The van der Waals surface area contributed by atoms with E-state index >= 15 is 0 Å². The van der Waals surface area contributed by atoms with Crippen molar-refractivity contribution in [1.82, 2.24) is 9.97 Å². The number of carbonyl (C=O) groups excluding carboxylic acids is 1. The molecule has 0 unspecified atom stereocenters. The molecular weight excluding hydrogens is 445 g/mol. The fourth-order valence-electron chi connectivity index (χ4n) is 3.25. The molecule has 0 aliphatic heterocycles. The lowest BCUT2D eigenvalue weighted by Crippen LogP contribution is -2.12. The van der Waals surface area contributed by atoms with E-state index in [4.69, 9.17) is 23.2 Å². The van der Waals surface area contributed by atoms with Gasteiger partial charge in [0, 0.05) is 29.7 Å². The van der Waals surface area contributed by atoms with Gasteiger partial charge in [0.05, 0.1) is 16.1 Å². The third-order valence-corrected chi connectivity index (χ3v) is 5.47. The molecule has 3 aromatic carbocycles. The van der Waals surface area contributed by atoms with Crippen LogP contribution in [-0.4, -0.2) is 22.9 Å². The van der Waals surface area contributed by atoms with E-state index in [0.717, 1.165) is 27.8 Å². The Balaban J connectivity index is 1.46. The number of amides is 1. The highest BCUT2D eigenvalue weighted by Gasteiger charge is 2.11. The minimum atomic E-state index is -0.292. The van der Waals surface area contributed by atoms with Crippen LogP contribution in [0.4, 0.5) is 17.5 Å². The molecule has 162 valence electrons. The van der Waals surface area contributed by atoms with Gasteiger partial charge in [0.2, 0.25) is 5.95 Å². The molecule has 0 fully saturated rings. The van der Waals surface area contributed by atoms with E-state index in [0.29, 0.717) is 33.8 Å². The number of nitrogens with zero attached hydrogens (tertiary/aromatic N) is 2. The zero-order valence-corrected chi connectivity index (χ0v) is 19.1. The van der Waals surface area contributed by atoms with Crippen molar-refractivity contribution in [2.24, 2.45) is 0 Å². The summed E-state index contributed by atoms with van der Waals surface area (Å²) in [5, 5.41) is 11.0. The Morgan fingerprint density at radius 1 is 0.969 bits per heavy atom. The predicted octanol–water partition coefficient (Wildman–Crippen LogP) is 6.15. The molecule has 0 bridgehead atoms. The number of hydrogen-bond donors (Lipinski definition) is 3. The molecule has 0 saturated heterocycles. The van der Waals surface area contributed by atoms with Crippen LogP contribution in [0, 0.1) is 6.92 Å². The van der Waals surface area contributed by atoms with Gasteiger partial charge < -0.3 is 16.0 Å². The Bertz CT molecular complexity index is 1290. The van der Waals surface area contributed by atoms with Crippen molar-refractivity contribution in [2.75, 3.05) is 23.0 Å². The zero-order valence-electron chi connectivity index (χ0n) is 17.5. The van der Waals surface area contributed by atoms with Crippen LogP contribution in [0.15, 0.2) is 60.7 Å². The standard InChI is InChI=1S/C24H21Cl2N5O/c1-14-3-10-21-19(11-14)22(31-24(27-2)30-21)28-13-15-4-7-17(8-5-15)29-23(32)18-9-6-16(25)12-20(18)26/h3-12H,13H2,1-2H3,(H,29,32)(H2,27,28,30,31). The number of carbonyl (C=O) groups is 1. The van der Waals surface area contributed by atoms with Crippen LogP contribution in [0.25, 0.3) is 10.9 Å². The van der Waals surface area contributed by atoms with Crippen molar-refractivity contribution in [3.63, 3.8) is 0 Å². The predicted molar refractivity (Wildman–Crippen MR) is 132 cm³/mol. The largest absolute Gasteiger partial charge is 0.365 e. The summed E-state index contributed by atoms with van der Waals surface area (Å²) in [6.07, 6.45) is 0. The summed E-state index contributed by atoms with van der Waals surface area (Å²) in [6.45, 7) is 2.61. The molecule has 1 aromatic heterocycles. The van der Waals surface area contributed by atoms with E-state index in [-0.39, 0.29) is 5.91 Å². The molecule has 4 aromatic rings. The first kappa shape index (κ1) is 21.9. The van der Waals surface area contributed by atoms with Gasteiger partial charge in [0.15, 0.2) is 0 Å². The highest BCUT2D eigenvalue weighted by Crippen LogP contribution is 2.25. The second kappa shape index (κ2) is 9.42. The SMILES string of the molecule is CNc1nc(NCc2ccc(NC(=O)c3ccc(Cl)cc3Cl)cc2)c2cc(C)ccc2n1. The van der Waals surface area contributed by atoms with Gasteiger partial charge in [0.1, 0.15) is 5.82 Å². The first-order valence-electron chi connectivity index (χ1n) is 9.98. The van der Waals surface area contributed by atoms with Crippen molar-refractivity contribution >= 4 is 57.5 Å². The second-order valence-corrected chi connectivity index (χ2v) is 8.14. The van der Waals surface area contributed by atoms with Gasteiger partial charge in [-0.3, -0.25) is 4.79 Å². The Labute approximate surface area is 196 Å². The van der Waals surface area contributed by atoms with Crippen LogP contribution in [0.2, 0.25) is 10.0 Å². The summed E-state index contributed by atoms with van der Waals surface area (Å²) in [6, 6.07) is 18.5. The van der Waals surface area contributed by atoms with Crippen LogP contribution < -0.4 is 16.0 Å². The second-order valence-electron chi connectivity index (χ2n) is 7.30. The third-order valence-electron chi connectivity index (χ3n) is 4.92. The molecule has 0 aliphatic carbocycles. The molecule has 0 spiro atoms. The Morgan fingerprint density at radius 3 is 2.47 bits per heavy atom. The summed E-state index contributed by atoms with van der Waals surface area (Å²) < 4.78 is 0. The number of anilines is 3. The first-order chi connectivity index (χ1) is 15.4. The van der Waals surface area contributed by atoms with Crippen molar-refractivity contribution in [1.29, 1.82) is 0 Å². The number of aryl methyl sites for hydroxylation is 1. The fourth-order valence-corrected chi connectivity index (χ4v) is 3.75. The van der Waals surface area contributed by atoms with Crippen molar-refractivity contribution in [2.45, 2.75) is 13.5 Å². The first-order valence-corrected chi connectivity index (χ1v) is 10.7. The van der Waals surface area contributed by atoms with E-state index in [9.17, 15) is 4.79 Å². The number of benzene rings is 3. The minimum absolute atomic E-state index is 0.292. The Kier molecular flexibility index (Phi) is 6.44. The quantitative estimate of drug-likeness (QED) is 0.318. The number of halogens is 2. The number of nitrogens with one attached hydrogen (secondary N) is 3. The molecule has 6 nitrogen and oxygen atoms in total. The molecule has 1 amide bonds. The average molecular weight is 466 g/mol. The normalized spacial score (nSPS) is 10.8. The van der Waals surface area contributed by atoms with Gasteiger partial charge in [0.25, 0.3) is 5.91 Å². The van der Waals surface area contributed by atoms with Crippen molar-refractivity contribution in [3.8, 4) is 0 Å². The maximum atomic E-state index is 12.5. The number of fused-ring (bicyclic) bond motifs is 1. The number of rotatable bonds is 6. The lowest BCUT2D eigenvalue weighted by atomic mass is 10.1. The maximum absolute atomic E-state index is 12.5. The van der Waals surface area contributed by atoms with Crippen LogP contribution in [0.5, 0.6) is 0 Å². The van der Waals surface area contributed by atoms with Crippen LogP contribution in [0.3, 0.4) is 0 Å². The van der Waals surface area contributed by atoms with Gasteiger partial charge in [-0.05, 0) is 55.0 Å². The summed E-state index contributed by atoms with van der Waals surface area (Å²) >= 11 is 12.0. The molecule has 0 atom stereocenters. The van der Waals surface area contributed by atoms with E-state index < -0.39 is 0 Å². The fraction of sp³-hybridized carbons (Fsp3) is 0.125. The summed E-state index contributed by atoms with van der Waals surface area (Å²) in [7, 11) is 1.80. The number of hydrogen-bond acceptors (Lipinski definition) is 5. The highest BCUT2D eigenvalue weighted by molar-refractivity contribution is 6.37. The molecule has 0 radical (unpaired) electrons. The summed E-state index contributed by atoms with van der Waals surface area (Å²) in [5.74, 6) is 1.03. The molecule has 3 N–H and O–H groups in total. The number of aromatic nitrogens is 2. The van der Waals surface area contributed by atoms with Crippen molar-refractivity contribution in [3.05, 3.63) is 87.4 Å². The molecule has 32 heavy (non-hydrogen) atoms. The zero-order chi connectivity index (χ0) is 22.7. The molecule has 4 rings (SSSR count). The third kappa shape index (κ3) is 4.93. The van der Waals surface area contributed by atoms with Gasteiger partial charge >= 0.3 is 0 Å². The smallest absolute Gasteiger partial charge is 0.257 e. The Hall–Kier alpha value is -3.35. The van der Waals surface area contributed by atoms with E-state index in [1.165, 1.54) is 0 Å². The van der Waals surface area contributed by atoms with Gasteiger partial charge in [-0.15, -0.1) is 0 Å². The van der Waals surface area contributed by atoms with Gasteiger partial charge in [-0.2, -0.15) is 4.98 Å². The van der Waals surface area contributed by atoms with Gasteiger partial charge in [-0.25, -0.2) is 4.98 Å². The van der Waals surface area contributed by atoms with Crippen LogP contribution in [0.1, 0.15) is 21.5 Å². The van der Waals surface area contributed by atoms with Crippen LogP contribution in [-0.2, 0) is 6.54 Å². The topological polar surface area (TPSA) is 78.9 Å². The van der Waals surface area contributed by atoms with Gasteiger partial charge in [-0.1, -0.05) is 47.0 Å². The molecular formula is C24H21Cl2N5O. The van der Waals surface area contributed by atoms with E-state index in [1.54, 1.807) is 25.2 Å². The monoisotopic (exact) mass is 465 g/mol.